The number of ether oxygens (including phenoxy) is 1. The third-order valence-corrected chi connectivity index (χ3v) is 2.95. The summed E-state index contributed by atoms with van der Waals surface area (Å²) in [5.74, 6) is -0.451. The topological polar surface area (TPSA) is 107 Å². The molecule has 2 heterocycles. The van der Waals surface area contributed by atoms with Crippen molar-refractivity contribution < 1.29 is 9.53 Å². The molecule has 0 saturated carbocycles. The zero-order valence-corrected chi connectivity index (χ0v) is 10.7. The molecule has 0 amide bonds. The summed E-state index contributed by atoms with van der Waals surface area (Å²) in [5, 5.41) is 20.7. The first-order valence-electron chi connectivity index (χ1n) is 5.11. The summed E-state index contributed by atoms with van der Waals surface area (Å²) in [5.41, 5.74) is 0.303. The molecule has 0 aliphatic rings. The van der Waals surface area contributed by atoms with Crippen LogP contribution < -0.4 is 0 Å². The molecule has 19 heavy (non-hydrogen) atoms. The standard InChI is InChI=1S/C10H8N6O2S/c1-18-9(17)6-16-10(13-14-15-16)19-8-4-2-3-7(5-11)12-8/h2-4H,6H2,1H3. The first kappa shape index (κ1) is 13.0. The number of aromatic nitrogens is 5. The molecule has 0 atom stereocenters. The number of nitrogens with zero attached hydrogens (tertiary/aromatic N) is 6. The molecule has 0 fully saturated rings. The summed E-state index contributed by atoms with van der Waals surface area (Å²) in [6.45, 7) is -0.0796. The number of carbonyl (C=O) groups is 1. The van der Waals surface area contributed by atoms with Crippen LogP contribution in [0.4, 0.5) is 0 Å². The predicted octanol–water partition coefficient (Wildman–Crippen LogP) is 0.264. The molecule has 9 heteroatoms. The molecule has 0 radical (unpaired) electrons. The van der Waals surface area contributed by atoms with E-state index in [1.807, 2.05) is 6.07 Å². The lowest BCUT2D eigenvalue weighted by atomic mass is 10.4. The van der Waals surface area contributed by atoms with E-state index in [0.29, 0.717) is 15.9 Å². The molecule has 0 aromatic carbocycles. The molecule has 0 aliphatic heterocycles. The van der Waals surface area contributed by atoms with E-state index in [4.69, 9.17) is 5.26 Å². The number of hydrogen-bond donors (Lipinski definition) is 0. The van der Waals surface area contributed by atoms with E-state index in [0.717, 1.165) is 11.8 Å². The van der Waals surface area contributed by atoms with Crippen molar-refractivity contribution in [3.8, 4) is 6.07 Å². The Labute approximate surface area is 112 Å². The van der Waals surface area contributed by atoms with Gasteiger partial charge in [0, 0.05) is 0 Å². The van der Waals surface area contributed by atoms with E-state index in [1.54, 1.807) is 18.2 Å². The summed E-state index contributed by atoms with van der Waals surface area (Å²) >= 11 is 1.16. The predicted molar refractivity (Wildman–Crippen MR) is 62.9 cm³/mol. The Morgan fingerprint density at radius 3 is 3.16 bits per heavy atom. The summed E-state index contributed by atoms with van der Waals surface area (Å²) in [6, 6.07) is 6.98. The number of nitriles is 1. The Balaban J connectivity index is 2.17. The average Bonchev–Trinajstić information content (AvgIpc) is 2.86. The second kappa shape index (κ2) is 5.92. The molecule has 2 aromatic heterocycles. The first-order valence-corrected chi connectivity index (χ1v) is 5.92. The van der Waals surface area contributed by atoms with Gasteiger partial charge in [0.1, 0.15) is 23.3 Å². The van der Waals surface area contributed by atoms with Gasteiger partial charge in [-0.05, 0) is 34.3 Å². The number of esters is 1. The molecule has 0 N–H and O–H groups in total. The van der Waals surface area contributed by atoms with Crippen LogP contribution in [0.2, 0.25) is 0 Å². The van der Waals surface area contributed by atoms with Crippen LogP contribution in [0, 0.1) is 11.3 Å². The fourth-order valence-electron chi connectivity index (χ4n) is 1.18. The van der Waals surface area contributed by atoms with Crippen molar-refractivity contribution in [2.75, 3.05) is 7.11 Å². The van der Waals surface area contributed by atoms with E-state index in [1.165, 1.54) is 11.8 Å². The minimum absolute atomic E-state index is 0.0796. The Bertz CT molecular complexity index is 635. The minimum Gasteiger partial charge on any atom is -0.468 e. The van der Waals surface area contributed by atoms with Crippen molar-refractivity contribution >= 4 is 17.7 Å². The van der Waals surface area contributed by atoms with Crippen LogP contribution >= 0.6 is 11.8 Å². The van der Waals surface area contributed by atoms with Crippen LogP contribution in [0.25, 0.3) is 0 Å². The van der Waals surface area contributed by atoms with Gasteiger partial charge in [0.05, 0.1) is 7.11 Å². The molecule has 0 bridgehead atoms. The van der Waals surface area contributed by atoms with Crippen LogP contribution in [0.5, 0.6) is 0 Å². The number of pyridine rings is 1. The maximum atomic E-state index is 11.2. The molecule has 2 aromatic rings. The molecule has 0 saturated heterocycles. The number of tetrazole rings is 1. The SMILES string of the molecule is COC(=O)Cn1nnnc1Sc1cccc(C#N)n1. The molecule has 96 valence electrons. The van der Waals surface area contributed by atoms with E-state index < -0.39 is 5.97 Å². The zero-order valence-electron chi connectivity index (χ0n) is 9.85. The van der Waals surface area contributed by atoms with Crippen LogP contribution in [-0.2, 0) is 16.1 Å². The highest BCUT2D eigenvalue weighted by atomic mass is 32.2. The number of carbonyl (C=O) groups excluding carboxylic acids is 1. The molecular formula is C10H8N6O2S. The highest BCUT2D eigenvalue weighted by Gasteiger charge is 2.12. The van der Waals surface area contributed by atoms with Crippen LogP contribution in [-0.4, -0.2) is 38.3 Å². The van der Waals surface area contributed by atoms with Crippen LogP contribution in [0.15, 0.2) is 28.4 Å². The largest absolute Gasteiger partial charge is 0.468 e. The lowest BCUT2D eigenvalue weighted by Gasteiger charge is -2.02. The van der Waals surface area contributed by atoms with Crippen molar-refractivity contribution in [3.63, 3.8) is 0 Å². The van der Waals surface area contributed by atoms with Gasteiger partial charge < -0.3 is 4.74 Å². The van der Waals surface area contributed by atoms with Crippen molar-refractivity contribution in [2.24, 2.45) is 0 Å². The zero-order chi connectivity index (χ0) is 13.7. The monoisotopic (exact) mass is 276 g/mol. The molecule has 0 unspecified atom stereocenters. The molecule has 0 spiro atoms. The molecule has 0 aliphatic carbocycles. The maximum absolute atomic E-state index is 11.2. The van der Waals surface area contributed by atoms with Gasteiger partial charge in [0.2, 0.25) is 5.16 Å². The van der Waals surface area contributed by atoms with Gasteiger partial charge in [-0.1, -0.05) is 6.07 Å². The van der Waals surface area contributed by atoms with Crippen LogP contribution in [0.3, 0.4) is 0 Å². The van der Waals surface area contributed by atoms with E-state index in [9.17, 15) is 4.79 Å². The van der Waals surface area contributed by atoms with Gasteiger partial charge in [0.15, 0.2) is 0 Å². The second-order valence-electron chi connectivity index (χ2n) is 3.27. The van der Waals surface area contributed by atoms with Crippen LogP contribution in [0.1, 0.15) is 5.69 Å². The summed E-state index contributed by atoms with van der Waals surface area (Å²) in [7, 11) is 1.29. The fraction of sp³-hybridized carbons (Fsp3) is 0.200. The lowest BCUT2D eigenvalue weighted by molar-refractivity contribution is -0.141. The van der Waals surface area contributed by atoms with E-state index >= 15 is 0 Å². The number of methoxy groups -OCH3 is 1. The maximum Gasteiger partial charge on any atom is 0.327 e. The third kappa shape index (κ3) is 3.26. The Morgan fingerprint density at radius 1 is 1.58 bits per heavy atom. The van der Waals surface area contributed by atoms with Gasteiger partial charge in [-0.3, -0.25) is 4.79 Å². The minimum atomic E-state index is -0.451. The van der Waals surface area contributed by atoms with Gasteiger partial charge in [-0.2, -0.15) is 5.26 Å². The van der Waals surface area contributed by atoms with E-state index in [-0.39, 0.29) is 6.54 Å². The average molecular weight is 276 g/mol. The van der Waals surface area contributed by atoms with E-state index in [2.05, 4.69) is 25.2 Å². The van der Waals surface area contributed by atoms with Gasteiger partial charge >= 0.3 is 5.97 Å². The third-order valence-electron chi connectivity index (χ3n) is 2.04. The van der Waals surface area contributed by atoms with Gasteiger partial charge in [0.25, 0.3) is 0 Å². The quantitative estimate of drug-likeness (QED) is 0.732. The molecular weight excluding hydrogens is 268 g/mol. The Hall–Kier alpha value is -2.47. The van der Waals surface area contributed by atoms with Gasteiger partial charge in [-0.25, -0.2) is 9.67 Å². The smallest absolute Gasteiger partial charge is 0.327 e. The molecule has 8 nitrogen and oxygen atoms in total. The summed E-state index contributed by atoms with van der Waals surface area (Å²) in [4.78, 5) is 15.3. The normalized spacial score (nSPS) is 9.89. The Kier molecular flexibility index (Phi) is 4.04. The number of rotatable bonds is 4. The van der Waals surface area contributed by atoms with Gasteiger partial charge in [-0.15, -0.1) is 5.10 Å². The number of hydrogen-bond acceptors (Lipinski definition) is 8. The van der Waals surface area contributed by atoms with Crippen molar-refractivity contribution in [2.45, 2.75) is 16.7 Å². The Morgan fingerprint density at radius 2 is 2.42 bits per heavy atom. The van der Waals surface area contributed by atoms with Crippen molar-refractivity contribution in [3.05, 3.63) is 23.9 Å². The first-order chi connectivity index (χ1) is 9.22. The molecule has 2 rings (SSSR count). The highest BCUT2D eigenvalue weighted by molar-refractivity contribution is 7.99. The summed E-state index contributed by atoms with van der Waals surface area (Å²) < 4.78 is 5.84. The fourth-order valence-corrected chi connectivity index (χ4v) is 1.94. The second-order valence-corrected chi connectivity index (χ2v) is 4.26. The summed E-state index contributed by atoms with van der Waals surface area (Å²) in [6.07, 6.45) is 0. The lowest BCUT2D eigenvalue weighted by Crippen LogP contribution is -2.13. The van der Waals surface area contributed by atoms with Crippen molar-refractivity contribution in [1.29, 1.82) is 5.26 Å². The van der Waals surface area contributed by atoms with Crippen molar-refractivity contribution in [1.82, 2.24) is 25.2 Å². The highest BCUT2D eigenvalue weighted by Crippen LogP contribution is 2.23.